The zero-order valence-electron chi connectivity index (χ0n) is 14.4. The molecule has 0 saturated heterocycles. The maximum absolute atomic E-state index is 12.0. The van der Waals surface area contributed by atoms with E-state index in [1.807, 2.05) is 41.9 Å². The van der Waals surface area contributed by atoms with Crippen molar-refractivity contribution in [3.05, 3.63) is 36.2 Å². The first-order chi connectivity index (χ1) is 11.5. The van der Waals surface area contributed by atoms with Gasteiger partial charge in [-0.1, -0.05) is 43.8 Å². The number of carbonyl (C=O) groups excluding carboxylic acids is 1. The monoisotopic (exact) mass is 344 g/mol. The van der Waals surface area contributed by atoms with Crippen LogP contribution in [0.1, 0.15) is 45.4 Å². The van der Waals surface area contributed by atoms with Gasteiger partial charge in [0, 0.05) is 12.0 Å². The molecule has 1 heterocycles. The van der Waals surface area contributed by atoms with Crippen molar-refractivity contribution >= 4 is 17.7 Å². The summed E-state index contributed by atoms with van der Waals surface area (Å²) in [7, 11) is 0. The van der Waals surface area contributed by atoms with E-state index in [0.29, 0.717) is 22.7 Å². The number of hydrogen-bond acceptors (Lipinski definition) is 4. The third-order valence-corrected chi connectivity index (χ3v) is 5.11. The van der Waals surface area contributed by atoms with Gasteiger partial charge in [-0.25, -0.2) is 9.67 Å². The Morgan fingerprint density at radius 3 is 2.62 bits per heavy atom. The van der Waals surface area contributed by atoms with Crippen molar-refractivity contribution in [2.75, 3.05) is 5.75 Å². The van der Waals surface area contributed by atoms with E-state index in [9.17, 15) is 4.79 Å². The first-order valence-corrected chi connectivity index (χ1v) is 9.47. The minimum atomic E-state index is 0.0326. The van der Waals surface area contributed by atoms with Gasteiger partial charge in [0.2, 0.25) is 11.1 Å². The lowest BCUT2D eigenvalue weighted by atomic mass is 10.1. The van der Waals surface area contributed by atoms with E-state index in [2.05, 4.69) is 29.2 Å². The summed E-state index contributed by atoms with van der Waals surface area (Å²) in [6.07, 6.45) is 2.34. The van der Waals surface area contributed by atoms with Crippen LogP contribution in [0.4, 0.5) is 0 Å². The lowest BCUT2D eigenvalue weighted by Crippen LogP contribution is -2.37. The first-order valence-electron chi connectivity index (χ1n) is 8.49. The Morgan fingerprint density at radius 2 is 2.00 bits per heavy atom. The highest BCUT2D eigenvalue weighted by Crippen LogP contribution is 2.40. The second-order valence-corrected chi connectivity index (χ2v) is 7.61. The highest BCUT2D eigenvalue weighted by Gasteiger charge is 2.30. The fourth-order valence-corrected chi connectivity index (χ4v) is 2.96. The maximum Gasteiger partial charge on any atom is 0.230 e. The normalized spacial score (nSPS) is 15.5. The van der Waals surface area contributed by atoms with Crippen molar-refractivity contribution in [1.82, 2.24) is 20.1 Å². The number of rotatable bonds is 7. The lowest BCUT2D eigenvalue weighted by molar-refractivity contribution is -0.119. The molecule has 0 bridgehead atoms. The Kier molecular flexibility index (Phi) is 5.23. The van der Waals surface area contributed by atoms with Gasteiger partial charge in [0.1, 0.15) is 5.82 Å². The minimum absolute atomic E-state index is 0.0326. The number of benzene rings is 1. The summed E-state index contributed by atoms with van der Waals surface area (Å²) in [6.45, 7) is 6.23. The number of nitrogens with zero attached hydrogens (tertiary/aromatic N) is 3. The van der Waals surface area contributed by atoms with Crippen LogP contribution in [-0.4, -0.2) is 32.5 Å². The summed E-state index contributed by atoms with van der Waals surface area (Å²) in [4.78, 5) is 16.7. The zero-order chi connectivity index (χ0) is 17.1. The number of para-hydroxylation sites is 1. The summed E-state index contributed by atoms with van der Waals surface area (Å²) in [5.74, 6) is 2.32. The molecular formula is C18H24N4OS. The highest BCUT2D eigenvalue weighted by molar-refractivity contribution is 7.99. The second kappa shape index (κ2) is 7.38. The molecule has 0 aliphatic heterocycles. The molecule has 1 N–H and O–H groups in total. The van der Waals surface area contributed by atoms with E-state index in [-0.39, 0.29) is 11.9 Å². The van der Waals surface area contributed by atoms with E-state index in [1.54, 1.807) is 0 Å². The predicted molar refractivity (Wildman–Crippen MR) is 96.5 cm³/mol. The molecule has 3 rings (SSSR count). The van der Waals surface area contributed by atoms with Crippen LogP contribution in [0.15, 0.2) is 35.5 Å². The molecule has 1 fully saturated rings. The maximum atomic E-state index is 12.0. The third kappa shape index (κ3) is 4.17. The lowest BCUT2D eigenvalue weighted by Gasteiger charge is -2.16. The highest BCUT2D eigenvalue weighted by atomic mass is 32.2. The number of thioether (sulfide) groups is 1. The molecule has 0 unspecified atom stereocenters. The van der Waals surface area contributed by atoms with Crippen molar-refractivity contribution in [3.8, 4) is 5.69 Å². The molecule has 0 spiro atoms. The van der Waals surface area contributed by atoms with Gasteiger partial charge in [0.15, 0.2) is 0 Å². The molecule has 2 aromatic rings. The summed E-state index contributed by atoms with van der Waals surface area (Å²) in [5.41, 5.74) is 1.02. The molecule has 1 saturated carbocycles. The first kappa shape index (κ1) is 17.0. The topological polar surface area (TPSA) is 59.8 Å². The number of nitrogens with one attached hydrogen (secondary N) is 1. The summed E-state index contributed by atoms with van der Waals surface area (Å²) < 4.78 is 1.93. The molecule has 5 nitrogen and oxygen atoms in total. The van der Waals surface area contributed by atoms with Crippen molar-refractivity contribution < 1.29 is 4.79 Å². The standard InChI is InChI=1S/C18H24N4OS/c1-12(2)13(3)19-16(23)11-24-18-20-17(14-9-10-14)22(21-18)15-7-5-4-6-8-15/h4-8,12-14H,9-11H2,1-3H3,(H,19,23)/t13-/m0/s1. The van der Waals surface area contributed by atoms with Gasteiger partial charge < -0.3 is 5.32 Å². The van der Waals surface area contributed by atoms with Crippen molar-refractivity contribution in [2.45, 2.75) is 50.7 Å². The Labute approximate surface area is 147 Å². The van der Waals surface area contributed by atoms with Crippen LogP contribution in [0.5, 0.6) is 0 Å². The third-order valence-electron chi connectivity index (χ3n) is 4.28. The Morgan fingerprint density at radius 1 is 1.29 bits per heavy atom. The molecule has 6 heteroatoms. The summed E-state index contributed by atoms with van der Waals surface area (Å²) in [6, 6.07) is 10.2. The quantitative estimate of drug-likeness (QED) is 0.782. The summed E-state index contributed by atoms with van der Waals surface area (Å²) >= 11 is 1.40. The van der Waals surface area contributed by atoms with Gasteiger partial charge >= 0.3 is 0 Å². The molecule has 128 valence electrons. The van der Waals surface area contributed by atoms with Crippen LogP contribution in [0.2, 0.25) is 0 Å². The van der Waals surface area contributed by atoms with Gasteiger partial charge in [0.25, 0.3) is 0 Å². The number of hydrogen-bond donors (Lipinski definition) is 1. The molecule has 1 aliphatic rings. The van der Waals surface area contributed by atoms with E-state index in [1.165, 1.54) is 24.6 Å². The Hall–Kier alpha value is -1.82. The van der Waals surface area contributed by atoms with Crippen LogP contribution in [0.25, 0.3) is 5.69 Å². The number of aromatic nitrogens is 3. The van der Waals surface area contributed by atoms with E-state index < -0.39 is 0 Å². The smallest absolute Gasteiger partial charge is 0.230 e. The van der Waals surface area contributed by atoms with Crippen molar-refractivity contribution in [1.29, 1.82) is 0 Å². The minimum Gasteiger partial charge on any atom is -0.353 e. The molecule has 24 heavy (non-hydrogen) atoms. The SMILES string of the molecule is CC(C)[C@H](C)NC(=O)CSc1nc(C2CC2)n(-c2ccccc2)n1. The van der Waals surface area contributed by atoms with Crippen molar-refractivity contribution in [3.63, 3.8) is 0 Å². The Bertz CT molecular complexity index is 694. The van der Waals surface area contributed by atoms with E-state index in [4.69, 9.17) is 0 Å². The molecule has 1 amide bonds. The molecular weight excluding hydrogens is 320 g/mol. The Balaban J connectivity index is 1.68. The molecule has 1 aromatic carbocycles. The van der Waals surface area contributed by atoms with Gasteiger partial charge in [-0.2, -0.15) is 0 Å². The van der Waals surface area contributed by atoms with Crippen LogP contribution in [0.3, 0.4) is 0 Å². The van der Waals surface area contributed by atoms with Crippen molar-refractivity contribution in [2.24, 2.45) is 5.92 Å². The molecule has 1 aliphatic carbocycles. The molecule has 1 atom stereocenters. The predicted octanol–water partition coefficient (Wildman–Crippen LogP) is 3.40. The van der Waals surface area contributed by atoms with Crippen LogP contribution >= 0.6 is 11.8 Å². The molecule has 1 aromatic heterocycles. The van der Waals surface area contributed by atoms with Crippen LogP contribution < -0.4 is 5.32 Å². The zero-order valence-corrected chi connectivity index (χ0v) is 15.2. The van der Waals surface area contributed by atoms with E-state index >= 15 is 0 Å². The van der Waals surface area contributed by atoms with Gasteiger partial charge in [-0.3, -0.25) is 4.79 Å². The van der Waals surface area contributed by atoms with Gasteiger partial charge in [-0.15, -0.1) is 5.10 Å². The summed E-state index contributed by atoms with van der Waals surface area (Å²) in [5, 5.41) is 8.31. The van der Waals surface area contributed by atoms with Gasteiger partial charge in [0.05, 0.1) is 11.4 Å². The fraction of sp³-hybridized carbons (Fsp3) is 0.500. The second-order valence-electron chi connectivity index (χ2n) is 6.66. The molecule has 0 radical (unpaired) electrons. The fourth-order valence-electron chi connectivity index (χ4n) is 2.32. The number of amides is 1. The van der Waals surface area contributed by atoms with E-state index in [0.717, 1.165) is 11.5 Å². The average molecular weight is 344 g/mol. The average Bonchev–Trinajstić information content (AvgIpc) is 3.33. The van der Waals surface area contributed by atoms with Gasteiger partial charge in [-0.05, 0) is 37.8 Å². The number of carbonyl (C=O) groups is 1. The van der Waals surface area contributed by atoms with Crippen LogP contribution in [0, 0.1) is 5.92 Å². The van der Waals surface area contributed by atoms with Crippen LogP contribution in [-0.2, 0) is 4.79 Å². The largest absolute Gasteiger partial charge is 0.353 e.